The number of benzene rings is 2. The second-order valence-corrected chi connectivity index (χ2v) is 12.3. The molecule has 3 heterocycles. The molecule has 1 aromatic heterocycles. The van der Waals surface area contributed by atoms with Gasteiger partial charge in [-0.2, -0.15) is 15.2 Å². The average molecular weight is 608 g/mol. The van der Waals surface area contributed by atoms with Gasteiger partial charge in [0.15, 0.2) is 0 Å². The van der Waals surface area contributed by atoms with Crippen molar-refractivity contribution in [2.75, 3.05) is 56.2 Å². The number of nitriles is 1. The number of rotatable bonds is 9. The predicted molar refractivity (Wildman–Crippen MR) is 174 cm³/mol. The van der Waals surface area contributed by atoms with Crippen LogP contribution in [0.3, 0.4) is 0 Å². The monoisotopic (exact) mass is 607 g/mol. The van der Waals surface area contributed by atoms with Gasteiger partial charge < -0.3 is 24.3 Å². The highest BCUT2D eigenvalue weighted by molar-refractivity contribution is 5.97. The van der Waals surface area contributed by atoms with Gasteiger partial charge in [-0.25, -0.2) is 0 Å². The molecule has 0 N–H and O–H groups in total. The summed E-state index contributed by atoms with van der Waals surface area (Å²) in [5, 5.41) is 12.0. The van der Waals surface area contributed by atoms with Gasteiger partial charge in [0.2, 0.25) is 11.8 Å². The minimum Gasteiger partial charge on any atom is -0.462 e. The molecule has 0 bridgehead atoms. The molecule has 10 heteroatoms. The number of ether oxygens (including phenoxy) is 1. The van der Waals surface area contributed by atoms with Gasteiger partial charge in [-0.3, -0.25) is 9.59 Å². The normalized spacial score (nSPS) is 18.2. The van der Waals surface area contributed by atoms with E-state index in [-0.39, 0.29) is 42.8 Å². The van der Waals surface area contributed by atoms with E-state index < -0.39 is 0 Å². The molecular formula is C35H41N7O3. The number of hydrogen-bond acceptors (Lipinski definition) is 8. The van der Waals surface area contributed by atoms with Gasteiger partial charge in [-0.05, 0) is 49.3 Å². The summed E-state index contributed by atoms with van der Waals surface area (Å²) in [6.45, 7) is 9.49. The van der Waals surface area contributed by atoms with E-state index >= 15 is 0 Å². The van der Waals surface area contributed by atoms with Crippen LogP contribution < -0.4 is 14.5 Å². The lowest BCUT2D eigenvalue weighted by molar-refractivity contribution is -0.137. The number of carbonyl (C=O) groups excluding carboxylic acids is 2. The van der Waals surface area contributed by atoms with E-state index in [1.54, 1.807) is 9.80 Å². The summed E-state index contributed by atoms with van der Waals surface area (Å²) in [7, 11) is 1.83. The third-order valence-electron chi connectivity index (χ3n) is 9.51. The summed E-state index contributed by atoms with van der Waals surface area (Å²) in [6, 6.07) is 15.1. The zero-order chi connectivity index (χ0) is 31.5. The molecule has 0 radical (unpaired) electrons. The van der Waals surface area contributed by atoms with Crippen LogP contribution in [0, 0.1) is 24.2 Å². The SMILES string of the molecule is C=CC(=O)N1CCN(c2nc(OCCN(C)C(=O)C3CCC3)nc3c2CCN(c2cccc4cccc(C)c24)C3)C[C@@H]1CC#N. The van der Waals surface area contributed by atoms with E-state index in [9.17, 15) is 14.9 Å². The number of anilines is 2. The Morgan fingerprint density at radius 3 is 2.67 bits per heavy atom. The van der Waals surface area contributed by atoms with Crippen LogP contribution in [0.25, 0.3) is 10.8 Å². The fraction of sp³-hybridized carbons (Fsp3) is 0.457. The third-order valence-corrected chi connectivity index (χ3v) is 9.51. The minimum absolute atomic E-state index is 0.137. The van der Waals surface area contributed by atoms with Gasteiger partial charge in [-0.15, -0.1) is 0 Å². The van der Waals surface area contributed by atoms with Gasteiger partial charge in [-0.1, -0.05) is 43.3 Å². The van der Waals surface area contributed by atoms with E-state index in [4.69, 9.17) is 14.7 Å². The predicted octanol–water partition coefficient (Wildman–Crippen LogP) is 4.26. The largest absolute Gasteiger partial charge is 0.462 e. The van der Waals surface area contributed by atoms with E-state index in [0.29, 0.717) is 32.7 Å². The molecule has 0 unspecified atom stereocenters. The van der Waals surface area contributed by atoms with Crippen molar-refractivity contribution in [2.24, 2.45) is 5.92 Å². The molecule has 1 atom stereocenters. The van der Waals surface area contributed by atoms with Crippen molar-refractivity contribution in [2.45, 2.75) is 51.6 Å². The number of hydrogen-bond donors (Lipinski definition) is 0. The fourth-order valence-corrected chi connectivity index (χ4v) is 6.78. The Kier molecular flexibility index (Phi) is 8.87. The first kappa shape index (κ1) is 30.4. The molecule has 0 spiro atoms. The minimum atomic E-state index is -0.269. The Morgan fingerprint density at radius 1 is 1.13 bits per heavy atom. The summed E-state index contributed by atoms with van der Waals surface area (Å²) < 4.78 is 6.15. The van der Waals surface area contributed by atoms with E-state index in [1.807, 2.05) is 7.05 Å². The van der Waals surface area contributed by atoms with Crippen LogP contribution in [0.5, 0.6) is 6.01 Å². The van der Waals surface area contributed by atoms with Crippen molar-refractivity contribution in [3.05, 3.63) is 65.9 Å². The van der Waals surface area contributed by atoms with Gasteiger partial charge in [0.25, 0.3) is 0 Å². The highest BCUT2D eigenvalue weighted by Gasteiger charge is 2.33. The highest BCUT2D eigenvalue weighted by Crippen LogP contribution is 2.36. The van der Waals surface area contributed by atoms with Crippen molar-refractivity contribution >= 4 is 34.1 Å². The lowest BCUT2D eigenvalue weighted by Crippen LogP contribution is -2.55. The Morgan fingerprint density at radius 2 is 1.93 bits per heavy atom. The lowest BCUT2D eigenvalue weighted by Gasteiger charge is -2.42. The summed E-state index contributed by atoms with van der Waals surface area (Å²) in [5.41, 5.74) is 4.40. The Labute approximate surface area is 264 Å². The van der Waals surface area contributed by atoms with Crippen LogP contribution >= 0.6 is 0 Å². The number of amides is 2. The number of nitrogens with zero attached hydrogens (tertiary/aromatic N) is 7. The van der Waals surface area contributed by atoms with Crippen LogP contribution in [-0.2, 0) is 22.6 Å². The van der Waals surface area contributed by atoms with Crippen LogP contribution in [0.4, 0.5) is 11.5 Å². The molecule has 1 saturated heterocycles. The quantitative estimate of drug-likeness (QED) is 0.333. The summed E-state index contributed by atoms with van der Waals surface area (Å²) >= 11 is 0. The van der Waals surface area contributed by atoms with E-state index in [1.165, 1.54) is 28.1 Å². The molecule has 2 aliphatic heterocycles. The van der Waals surface area contributed by atoms with Crippen LogP contribution in [0.2, 0.25) is 0 Å². The molecule has 2 aromatic carbocycles. The fourth-order valence-electron chi connectivity index (χ4n) is 6.78. The summed E-state index contributed by atoms with van der Waals surface area (Å²) in [6.07, 6.45) is 5.34. The first-order chi connectivity index (χ1) is 21.9. The topological polar surface area (TPSA) is 106 Å². The van der Waals surface area contributed by atoms with Crippen molar-refractivity contribution in [3.63, 3.8) is 0 Å². The summed E-state index contributed by atoms with van der Waals surface area (Å²) in [4.78, 5) is 43.1. The number of fused-ring (bicyclic) bond motifs is 2. The average Bonchev–Trinajstić information content (AvgIpc) is 3.03. The first-order valence-electron chi connectivity index (χ1n) is 15.9. The van der Waals surface area contributed by atoms with Crippen molar-refractivity contribution < 1.29 is 14.3 Å². The Balaban J connectivity index is 1.29. The van der Waals surface area contributed by atoms with E-state index in [0.717, 1.165) is 49.3 Å². The molecule has 2 amide bonds. The number of aryl methyl sites for hydroxylation is 1. The second-order valence-electron chi connectivity index (χ2n) is 12.3. The molecule has 6 rings (SSSR count). The number of aromatic nitrogens is 2. The zero-order valence-electron chi connectivity index (χ0n) is 26.2. The molecule has 1 aliphatic carbocycles. The smallest absolute Gasteiger partial charge is 0.318 e. The van der Waals surface area contributed by atoms with Gasteiger partial charge >= 0.3 is 6.01 Å². The molecule has 3 aromatic rings. The molecule has 1 saturated carbocycles. The van der Waals surface area contributed by atoms with Crippen LogP contribution in [0.1, 0.15) is 42.5 Å². The van der Waals surface area contributed by atoms with Gasteiger partial charge in [0, 0.05) is 55.8 Å². The second kappa shape index (κ2) is 13.1. The zero-order valence-corrected chi connectivity index (χ0v) is 26.2. The van der Waals surface area contributed by atoms with E-state index in [2.05, 4.69) is 65.8 Å². The molecule has 234 valence electrons. The van der Waals surface area contributed by atoms with Gasteiger partial charge in [0.05, 0.1) is 37.3 Å². The van der Waals surface area contributed by atoms with Crippen molar-refractivity contribution in [3.8, 4) is 12.1 Å². The first-order valence-corrected chi connectivity index (χ1v) is 15.9. The molecule has 10 nitrogen and oxygen atoms in total. The third kappa shape index (κ3) is 6.17. The Bertz CT molecular complexity index is 1640. The maximum absolute atomic E-state index is 12.7. The van der Waals surface area contributed by atoms with Crippen LogP contribution in [-0.4, -0.2) is 84.0 Å². The maximum atomic E-state index is 12.7. The van der Waals surface area contributed by atoms with Crippen molar-refractivity contribution in [1.82, 2.24) is 19.8 Å². The maximum Gasteiger partial charge on any atom is 0.318 e. The molecular weight excluding hydrogens is 566 g/mol. The highest BCUT2D eigenvalue weighted by atomic mass is 16.5. The van der Waals surface area contributed by atoms with Crippen LogP contribution in [0.15, 0.2) is 49.1 Å². The standard InChI is InChI=1S/C35H41N7O3/c1-4-31(43)42-19-18-41(22-27(42)14-16-36)33-28-15-17-40(30-13-7-10-25-9-5-8-24(2)32(25)30)23-29(28)37-35(38-33)45-21-20-39(3)34(44)26-11-6-12-26/h4-5,7-10,13,26-27H,1,6,11-12,14-15,17-23H2,2-3H3/t27-/m0/s1. The van der Waals surface area contributed by atoms with Gasteiger partial charge in [0.1, 0.15) is 12.4 Å². The Hall–Kier alpha value is -4.65. The lowest BCUT2D eigenvalue weighted by atomic mass is 9.84. The molecule has 45 heavy (non-hydrogen) atoms. The molecule has 3 aliphatic rings. The molecule has 2 fully saturated rings. The number of likely N-dealkylation sites (N-methyl/N-ethyl adjacent to an activating group) is 1. The summed E-state index contributed by atoms with van der Waals surface area (Å²) in [5.74, 6) is 0.952. The number of carbonyl (C=O) groups is 2. The number of piperazine rings is 1. The van der Waals surface area contributed by atoms with Crippen molar-refractivity contribution in [1.29, 1.82) is 5.26 Å².